The molecule has 2 aliphatic carbocycles. The van der Waals surface area contributed by atoms with Gasteiger partial charge in [-0.05, 0) is 72.6 Å². The van der Waals surface area contributed by atoms with Crippen LogP contribution in [0.25, 0.3) is 53.9 Å². The van der Waals surface area contributed by atoms with Gasteiger partial charge in [-0.3, -0.25) is 0 Å². The molecule has 2 aliphatic rings. The van der Waals surface area contributed by atoms with Gasteiger partial charge < -0.3 is 9.47 Å². The average molecular weight is 489 g/mol. The Hall–Kier alpha value is -1.98. The predicted octanol–water partition coefficient (Wildman–Crippen LogP) is 8.98. The highest BCUT2D eigenvalue weighted by molar-refractivity contribution is 7.17. The highest BCUT2D eigenvalue weighted by Gasteiger charge is 2.31. The van der Waals surface area contributed by atoms with Crippen molar-refractivity contribution in [1.82, 2.24) is 0 Å². The molecular formula is C30H32O2S2. The lowest BCUT2D eigenvalue weighted by molar-refractivity contribution is 0.132. The number of thiophene rings is 2. The van der Waals surface area contributed by atoms with Crippen molar-refractivity contribution in [2.45, 2.75) is 52.4 Å². The van der Waals surface area contributed by atoms with E-state index >= 15 is 0 Å². The third kappa shape index (κ3) is 3.76. The lowest BCUT2D eigenvalue weighted by atomic mass is 9.97. The molecule has 0 fully saturated rings. The molecule has 0 unspecified atom stereocenters. The van der Waals surface area contributed by atoms with Gasteiger partial charge in [-0.1, -0.05) is 38.1 Å². The second-order valence-corrected chi connectivity index (χ2v) is 11.7. The van der Waals surface area contributed by atoms with Crippen LogP contribution in [0.5, 0.6) is 0 Å². The van der Waals surface area contributed by atoms with Crippen LogP contribution in [0.3, 0.4) is 0 Å². The zero-order valence-electron chi connectivity index (χ0n) is 20.2. The maximum atomic E-state index is 5.69. The van der Waals surface area contributed by atoms with Crippen LogP contribution >= 0.6 is 22.7 Å². The molecule has 0 bridgehead atoms. The summed E-state index contributed by atoms with van der Waals surface area (Å²) in [5, 5.41) is 2.96. The van der Waals surface area contributed by atoms with Crippen molar-refractivity contribution >= 4 is 33.4 Å². The van der Waals surface area contributed by atoms with Crippen molar-refractivity contribution in [3.8, 4) is 43.1 Å². The predicted molar refractivity (Wildman–Crippen MR) is 147 cm³/mol. The van der Waals surface area contributed by atoms with Crippen LogP contribution in [0.1, 0.15) is 49.3 Å². The fourth-order valence-electron chi connectivity index (χ4n) is 5.44. The van der Waals surface area contributed by atoms with Crippen molar-refractivity contribution in [3.63, 3.8) is 0 Å². The van der Waals surface area contributed by atoms with Crippen LogP contribution in [-0.2, 0) is 22.3 Å². The highest BCUT2D eigenvalue weighted by Crippen LogP contribution is 2.59. The summed E-state index contributed by atoms with van der Waals surface area (Å²) in [6, 6.07) is 14.4. The van der Waals surface area contributed by atoms with E-state index in [1.165, 1.54) is 63.7 Å². The minimum Gasteiger partial charge on any atom is -0.381 e. The number of aryl methyl sites for hydroxylation is 2. The third-order valence-corrected chi connectivity index (χ3v) is 9.37. The monoisotopic (exact) mass is 488 g/mol. The van der Waals surface area contributed by atoms with Gasteiger partial charge in [0.2, 0.25) is 0 Å². The van der Waals surface area contributed by atoms with Crippen LogP contribution in [-0.4, -0.2) is 26.4 Å². The Balaban J connectivity index is 1.25. The Kier molecular flexibility index (Phi) is 6.33. The average Bonchev–Trinajstić information content (AvgIpc) is 3.58. The molecule has 34 heavy (non-hydrogen) atoms. The molecule has 0 atom stereocenters. The van der Waals surface area contributed by atoms with Gasteiger partial charge in [0, 0.05) is 68.2 Å². The van der Waals surface area contributed by atoms with Gasteiger partial charge in [0.05, 0.1) is 0 Å². The summed E-state index contributed by atoms with van der Waals surface area (Å²) in [5.74, 6) is 0. The second kappa shape index (κ2) is 9.58. The van der Waals surface area contributed by atoms with Gasteiger partial charge in [0.15, 0.2) is 0 Å². The Labute approximate surface area is 210 Å². The van der Waals surface area contributed by atoms with E-state index in [2.05, 4.69) is 50.2 Å². The summed E-state index contributed by atoms with van der Waals surface area (Å²) in [7, 11) is 0. The number of ether oxygens (including phenoxy) is 2. The van der Waals surface area contributed by atoms with Crippen molar-refractivity contribution in [2.24, 2.45) is 0 Å². The van der Waals surface area contributed by atoms with Crippen LogP contribution in [0, 0.1) is 0 Å². The van der Waals surface area contributed by atoms with E-state index < -0.39 is 0 Å². The van der Waals surface area contributed by atoms with Crippen molar-refractivity contribution in [1.29, 1.82) is 0 Å². The molecule has 2 nitrogen and oxygen atoms in total. The first-order valence-electron chi connectivity index (χ1n) is 12.8. The first-order valence-corrected chi connectivity index (χ1v) is 14.5. The highest BCUT2D eigenvalue weighted by atomic mass is 32.1. The van der Waals surface area contributed by atoms with E-state index in [-0.39, 0.29) is 0 Å². The summed E-state index contributed by atoms with van der Waals surface area (Å²) in [4.78, 5) is 5.90. The van der Waals surface area contributed by atoms with Crippen LogP contribution in [0.4, 0.5) is 0 Å². The van der Waals surface area contributed by atoms with Crippen molar-refractivity contribution < 1.29 is 9.47 Å². The summed E-state index contributed by atoms with van der Waals surface area (Å²) in [6.07, 6.45) is 6.62. The first kappa shape index (κ1) is 22.5. The standard InChI is InChI=1S/C30H32O2S2/c1-3-13-31-15-5-7-19-17-25-21-9-10-22-26-18-20(8-6-16-32-14-4-2)34-30(26)24-12-11-23(29(25)33-19)27(21)28(22)24/h9-12,17-18H,3-8,13-16H2,1-2H3. The zero-order chi connectivity index (χ0) is 23.1. The number of hydrogen-bond donors (Lipinski definition) is 0. The number of fused-ring (bicyclic) bond motifs is 6. The van der Waals surface area contributed by atoms with Crippen LogP contribution in [0.15, 0.2) is 36.4 Å². The molecule has 0 aliphatic heterocycles. The lowest BCUT2D eigenvalue weighted by Crippen LogP contribution is -1.96. The summed E-state index contributed by atoms with van der Waals surface area (Å²) in [6.45, 7) is 7.82. The molecule has 6 rings (SSSR count). The van der Waals surface area contributed by atoms with Crippen molar-refractivity contribution in [3.05, 3.63) is 46.2 Å². The van der Waals surface area contributed by atoms with E-state index in [4.69, 9.17) is 9.47 Å². The number of rotatable bonds is 12. The van der Waals surface area contributed by atoms with Crippen molar-refractivity contribution in [2.75, 3.05) is 26.4 Å². The number of hydrogen-bond acceptors (Lipinski definition) is 4. The topological polar surface area (TPSA) is 18.5 Å². The lowest BCUT2D eigenvalue weighted by Gasteiger charge is -2.07. The summed E-state index contributed by atoms with van der Waals surface area (Å²) in [5.41, 5.74) is 8.62. The van der Waals surface area contributed by atoms with Crippen LogP contribution < -0.4 is 0 Å². The molecule has 4 heteroatoms. The quantitative estimate of drug-likeness (QED) is 0.160. The first-order chi connectivity index (χ1) is 16.8. The summed E-state index contributed by atoms with van der Waals surface area (Å²) < 4.78 is 11.4. The molecule has 0 saturated carbocycles. The molecule has 0 radical (unpaired) electrons. The minimum absolute atomic E-state index is 0.867. The maximum absolute atomic E-state index is 5.69. The third-order valence-electron chi connectivity index (χ3n) is 6.92. The molecular weight excluding hydrogens is 456 g/mol. The SMILES string of the molecule is CCCOCCCc1cc2c(s1)-c1ccc3c4c(ccc-2c14)-c1cc(CCCOCCC)sc1-3. The van der Waals surface area contributed by atoms with Crippen LogP contribution in [0.2, 0.25) is 0 Å². The second-order valence-electron chi connectivity index (χ2n) is 9.41. The van der Waals surface area contributed by atoms with E-state index in [1.807, 2.05) is 22.7 Å². The largest absolute Gasteiger partial charge is 0.381 e. The minimum atomic E-state index is 0.867. The fraction of sp³-hybridized carbons (Fsp3) is 0.400. The molecule has 4 aromatic rings. The molecule has 2 aromatic carbocycles. The van der Waals surface area contributed by atoms with Gasteiger partial charge >= 0.3 is 0 Å². The fourth-order valence-corrected chi connectivity index (χ4v) is 7.93. The zero-order valence-corrected chi connectivity index (χ0v) is 21.8. The van der Waals surface area contributed by atoms with E-state index in [1.54, 1.807) is 0 Å². The Morgan fingerprint density at radius 3 is 1.44 bits per heavy atom. The molecule has 0 saturated heterocycles. The molecule has 176 valence electrons. The van der Waals surface area contributed by atoms with E-state index in [9.17, 15) is 0 Å². The molecule has 0 spiro atoms. The molecule has 2 heterocycles. The summed E-state index contributed by atoms with van der Waals surface area (Å²) >= 11 is 3.97. The van der Waals surface area contributed by atoms with Gasteiger partial charge in [-0.25, -0.2) is 0 Å². The normalized spacial score (nSPS) is 12.6. The Bertz CT molecular complexity index is 1160. The van der Waals surface area contributed by atoms with Gasteiger partial charge in [0.1, 0.15) is 0 Å². The van der Waals surface area contributed by atoms with E-state index in [0.717, 1.165) is 65.0 Å². The number of benzene rings is 2. The molecule has 0 N–H and O–H groups in total. The van der Waals surface area contributed by atoms with E-state index in [0.29, 0.717) is 0 Å². The smallest absolute Gasteiger partial charge is 0.0469 e. The Morgan fingerprint density at radius 2 is 1.00 bits per heavy atom. The maximum Gasteiger partial charge on any atom is 0.0469 e. The molecule has 2 aromatic heterocycles. The van der Waals surface area contributed by atoms with Gasteiger partial charge in [0.25, 0.3) is 0 Å². The van der Waals surface area contributed by atoms with Gasteiger partial charge in [-0.2, -0.15) is 0 Å². The Morgan fingerprint density at radius 1 is 0.559 bits per heavy atom. The molecule has 0 amide bonds. The van der Waals surface area contributed by atoms with Gasteiger partial charge in [-0.15, -0.1) is 22.7 Å².